The number of carbonyl (C=O) groups excluding carboxylic acids is 1. The highest BCUT2D eigenvalue weighted by Gasteiger charge is 2.51. The highest BCUT2D eigenvalue weighted by molar-refractivity contribution is 5.81. The van der Waals surface area contributed by atoms with E-state index in [0.29, 0.717) is 0 Å². The van der Waals surface area contributed by atoms with Gasteiger partial charge in [-0.15, -0.1) is 6.58 Å². The lowest BCUT2D eigenvalue weighted by atomic mass is 9.77. The molecule has 1 fully saturated rings. The summed E-state index contributed by atoms with van der Waals surface area (Å²) in [5, 5.41) is 0. The summed E-state index contributed by atoms with van der Waals surface area (Å²) in [4.78, 5) is 12.5. The number of esters is 1. The summed E-state index contributed by atoms with van der Waals surface area (Å²) in [5.41, 5.74) is 1.54. The summed E-state index contributed by atoms with van der Waals surface area (Å²) in [7, 11) is 0. The Balaban J connectivity index is 1.80. The Kier molecular flexibility index (Phi) is 5.79. The quantitative estimate of drug-likeness (QED) is 0.282. The van der Waals surface area contributed by atoms with Crippen LogP contribution in [0.4, 0.5) is 0 Å². The van der Waals surface area contributed by atoms with Crippen molar-refractivity contribution in [1.29, 1.82) is 0 Å². The number of hydrogen-bond donors (Lipinski definition) is 0. The zero-order valence-electron chi connectivity index (χ0n) is 18.0. The molecule has 3 aromatic carbocycles. The lowest BCUT2D eigenvalue weighted by Crippen LogP contribution is -2.37. The van der Waals surface area contributed by atoms with E-state index in [1.165, 1.54) is 0 Å². The summed E-state index contributed by atoms with van der Waals surface area (Å²) in [6.45, 7) is 8.04. The minimum atomic E-state index is -0.830. The third kappa shape index (κ3) is 3.60. The van der Waals surface area contributed by atoms with Crippen LogP contribution in [-0.2, 0) is 19.9 Å². The second kappa shape index (κ2) is 8.52. The highest BCUT2D eigenvalue weighted by atomic mass is 16.6. The van der Waals surface area contributed by atoms with Gasteiger partial charge in [-0.1, -0.05) is 104 Å². The van der Waals surface area contributed by atoms with Crippen molar-refractivity contribution in [2.24, 2.45) is 11.3 Å². The monoisotopic (exact) mass is 412 g/mol. The summed E-state index contributed by atoms with van der Waals surface area (Å²) < 4.78 is 12.6. The SMILES string of the molecule is C=C[C@]1(C)C(=O)O[C@H](COC(c2ccccc2)(c2ccccc2)c2ccccc2)[C@H]1C. The molecular formula is C28H28O3. The Bertz CT molecular complexity index is 933. The van der Waals surface area contributed by atoms with Crippen LogP contribution in [0.25, 0.3) is 0 Å². The fourth-order valence-corrected chi connectivity index (χ4v) is 4.36. The Morgan fingerprint density at radius 3 is 1.68 bits per heavy atom. The molecule has 1 saturated heterocycles. The Labute approximate surface area is 184 Å². The summed E-state index contributed by atoms with van der Waals surface area (Å²) in [6.07, 6.45) is 1.34. The maximum absolute atomic E-state index is 12.5. The van der Waals surface area contributed by atoms with Crippen LogP contribution in [0.1, 0.15) is 30.5 Å². The molecule has 0 aromatic heterocycles. The van der Waals surface area contributed by atoms with Crippen LogP contribution in [-0.4, -0.2) is 18.7 Å². The van der Waals surface area contributed by atoms with Gasteiger partial charge in [-0.05, 0) is 23.6 Å². The number of hydrogen-bond acceptors (Lipinski definition) is 3. The molecule has 158 valence electrons. The van der Waals surface area contributed by atoms with E-state index in [1.807, 2.05) is 68.4 Å². The van der Waals surface area contributed by atoms with Gasteiger partial charge in [0.05, 0.1) is 12.0 Å². The van der Waals surface area contributed by atoms with Crippen LogP contribution >= 0.6 is 0 Å². The average Bonchev–Trinajstić information content (AvgIpc) is 3.05. The molecule has 1 heterocycles. The molecule has 0 unspecified atom stereocenters. The van der Waals surface area contributed by atoms with E-state index in [9.17, 15) is 4.79 Å². The van der Waals surface area contributed by atoms with Crippen LogP contribution in [0, 0.1) is 11.3 Å². The van der Waals surface area contributed by atoms with Gasteiger partial charge in [-0.2, -0.15) is 0 Å². The van der Waals surface area contributed by atoms with Gasteiger partial charge in [0.15, 0.2) is 0 Å². The van der Waals surface area contributed by atoms with Gasteiger partial charge in [0.1, 0.15) is 11.7 Å². The first-order valence-electron chi connectivity index (χ1n) is 10.7. The van der Waals surface area contributed by atoms with Crippen molar-refractivity contribution < 1.29 is 14.3 Å². The van der Waals surface area contributed by atoms with Gasteiger partial charge in [-0.3, -0.25) is 4.79 Å². The number of benzene rings is 3. The Hall–Kier alpha value is -3.17. The van der Waals surface area contributed by atoms with E-state index in [1.54, 1.807) is 6.08 Å². The molecule has 3 nitrogen and oxygen atoms in total. The van der Waals surface area contributed by atoms with Crippen molar-refractivity contribution in [3.8, 4) is 0 Å². The molecule has 0 radical (unpaired) electrons. The Morgan fingerprint density at radius 2 is 1.32 bits per heavy atom. The van der Waals surface area contributed by atoms with Crippen LogP contribution in [0.5, 0.6) is 0 Å². The predicted octanol–water partition coefficient (Wildman–Crippen LogP) is 5.75. The lowest BCUT2D eigenvalue weighted by Gasteiger charge is -2.37. The second-order valence-corrected chi connectivity index (χ2v) is 8.31. The number of rotatable bonds is 7. The van der Waals surface area contributed by atoms with Gasteiger partial charge in [0, 0.05) is 5.92 Å². The molecule has 0 saturated carbocycles. The standard InChI is InChI=1S/C28H28O3/c1-4-27(3)21(2)25(31-26(27)29)20-30-28(22-14-8-5-9-15-22,23-16-10-6-11-17-23)24-18-12-7-13-19-24/h4-19,21,25H,1,20H2,2-3H3/t21-,25-,27+/m1/s1. The van der Waals surface area contributed by atoms with E-state index >= 15 is 0 Å². The number of ether oxygens (including phenoxy) is 2. The molecule has 1 aliphatic rings. The third-order valence-electron chi connectivity index (χ3n) is 6.63. The van der Waals surface area contributed by atoms with E-state index in [2.05, 4.69) is 43.0 Å². The molecule has 1 aliphatic heterocycles. The maximum Gasteiger partial charge on any atom is 0.316 e. The molecule has 3 atom stereocenters. The predicted molar refractivity (Wildman–Crippen MR) is 123 cm³/mol. The molecule has 0 aliphatic carbocycles. The van der Waals surface area contributed by atoms with Crippen LogP contribution in [0.15, 0.2) is 104 Å². The van der Waals surface area contributed by atoms with E-state index in [-0.39, 0.29) is 24.6 Å². The largest absolute Gasteiger partial charge is 0.459 e. The Morgan fingerprint density at radius 1 is 0.903 bits per heavy atom. The molecule has 0 bridgehead atoms. The molecule has 3 heteroatoms. The fourth-order valence-electron chi connectivity index (χ4n) is 4.36. The first-order chi connectivity index (χ1) is 15.0. The van der Waals surface area contributed by atoms with Gasteiger partial charge in [0.25, 0.3) is 0 Å². The summed E-state index contributed by atoms with van der Waals surface area (Å²) in [5.74, 6) is -0.286. The van der Waals surface area contributed by atoms with E-state index in [4.69, 9.17) is 9.47 Å². The van der Waals surface area contributed by atoms with Gasteiger partial charge >= 0.3 is 5.97 Å². The topological polar surface area (TPSA) is 35.5 Å². The molecule has 4 rings (SSSR count). The van der Waals surface area contributed by atoms with E-state index in [0.717, 1.165) is 16.7 Å². The fraction of sp³-hybridized carbons (Fsp3) is 0.250. The minimum absolute atomic E-state index is 0.0440. The normalized spacial score (nSPS) is 23.4. The molecule has 0 N–H and O–H groups in total. The molecule has 0 amide bonds. The minimum Gasteiger partial charge on any atom is -0.459 e. The summed E-state index contributed by atoms with van der Waals surface area (Å²) >= 11 is 0. The second-order valence-electron chi connectivity index (χ2n) is 8.31. The van der Waals surface area contributed by atoms with Crippen molar-refractivity contribution in [2.75, 3.05) is 6.61 Å². The van der Waals surface area contributed by atoms with Crippen molar-refractivity contribution in [2.45, 2.75) is 25.6 Å². The number of cyclic esters (lactones) is 1. The van der Waals surface area contributed by atoms with Gasteiger partial charge < -0.3 is 9.47 Å². The highest BCUT2D eigenvalue weighted by Crippen LogP contribution is 2.44. The van der Waals surface area contributed by atoms with E-state index < -0.39 is 11.0 Å². The zero-order valence-corrected chi connectivity index (χ0v) is 18.0. The molecule has 0 spiro atoms. The first kappa shape index (κ1) is 21.1. The maximum atomic E-state index is 12.5. The average molecular weight is 413 g/mol. The zero-order chi connectivity index (χ0) is 21.9. The van der Waals surface area contributed by atoms with Crippen LogP contribution in [0.3, 0.4) is 0 Å². The van der Waals surface area contributed by atoms with Gasteiger partial charge in [-0.25, -0.2) is 0 Å². The first-order valence-corrected chi connectivity index (χ1v) is 10.7. The van der Waals surface area contributed by atoms with Crippen LogP contribution in [0.2, 0.25) is 0 Å². The lowest BCUT2D eigenvalue weighted by molar-refractivity contribution is -0.149. The summed E-state index contributed by atoms with van der Waals surface area (Å²) in [6, 6.07) is 30.6. The third-order valence-corrected chi connectivity index (χ3v) is 6.63. The van der Waals surface area contributed by atoms with Crippen molar-refractivity contribution in [1.82, 2.24) is 0 Å². The van der Waals surface area contributed by atoms with Crippen molar-refractivity contribution >= 4 is 5.97 Å². The molecular weight excluding hydrogens is 384 g/mol. The van der Waals surface area contributed by atoms with Gasteiger partial charge in [0.2, 0.25) is 0 Å². The van der Waals surface area contributed by atoms with Crippen LogP contribution < -0.4 is 0 Å². The van der Waals surface area contributed by atoms with Crippen molar-refractivity contribution in [3.63, 3.8) is 0 Å². The molecule has 31 heavy (non-hydrogen) atoms. The number of carbonyl (C=O) groups is 1. The smallest absolute Gasteiger partial charge is 0.316 e. The van der Waals surface area contributed by atoms with Crippen molar-refractivity contribution in [3.05, 3.63) is 120 Å². The molecule has 3 aromatic rings.